The number of fused-ring (bicyclic) bond motifs is 3. The number of nitrogens with one attached hydrogen (secondary N) is 2. The van der Waals surface area contributed by atoms with Gasteiger partial charge in [-0.1, -0.05) is 0 Å². The van der Waals surface area contributed by atoms with Crippen molar-refractivity contribution in [3.63, 3.8) is 0 Å². The Balaban J connectivity index is 1.17. The highest BCUT2D eigenvalue weighted by Crippen LogP contribution is 2.42. The Kier molecular flexibility index (Phi) is 6.39. The third-order valence-electron chi connectivity index (χ3n) is 7.00. The maximum Gasteiger partial charge on any atom is 0.412 e. The Morgan fingerprint density at radius 2 is 1.97 bits per heavy atom. The average molecular weight is 476 g/mol. The number of hydrogen-bond donors (Lipinski definition) is 2. The fraction of sp³-hybridized carbons (Fsp3) is 0.385. The van der Waals surface area contributed by atoms with E-state index < -0.39 is 6.09 Å². The number of benzene rings is 1. The highest BCUT2D eigenvalue weighted by molar-refractivity contribution is 5.99. The minimum Gasteiger partial charge on any atom is -0.477 e. The van der Waals surface area contributed by atoms with Crippen molar-refractivity contribution in [3.05, 3.63) is 54.4 Å². The standard InChI is InChI=1S/C26H29N5O4/c1-16(32)31-14-19-11-22(31)12-20(19)15-35-24-9-17(5-7-27-24)13-29-21-3-4-23-18(10-21)6-8-28-25(23)30-26(33)34-2/h3-10,19-20,22,29H,11-15H2,1-2H3,(H,28,30,33). The van der Waals surface area contributed by atoms with E-state index in [0.29, 0.717) is 42.7 Å². The van der Waals surface area contributed by atoms with Crippen molar-refractivity contribution in [1.29, 1.82) is 0 Å². The van der Waals surface area contributed by atoms with Crippen molar-refractivity contribution in [2.75, 3.05) is 30.9 Å². The summed E-state index contributed by atoms with van der Waals surface area (Å²) in [6.45, 7) is 3.76. The quantitative estimate of drug-likeness (QED) is 0.531. The largest absolute Gasteiger partial charge is 0.477 e. The summed E-state index contributed by atoms with van der Waals surface area (Å²) in [6, 6.07) is 12.1. The van der Waals surface area contributed by atoms with Crippen molar-refractivity contribution >= 4 is 34.3 Å². The molecule has 1 saturated carbocycles. The van der Waals surface area contributed by atoms with Gasteiger partial charge in [-0.05, 0) is 66.0 Å². The van der Waals surface area contributed by atoms with Gasteiger partial charge in [-0.25, -0.2) is 14.8 Å². The molecule has 1 aromatic carbocycles. The summed E-state index contributed by atoms with van der Waals surface area (Å²) in [4.78, 5) is 33.9. The zero-order valence-corrected chi connectivity index (χ0v) is 19.9. The maximum atomic E-state index is 11.7. The lowest BCUT2D eigenvalue weighted by Gasteiger charge is -2.30. The van der Waals surface area contributed by atoms with Crippen LogP contribution in [0.5, 0.6) is 5.88 Å². The number of ether oxygens (including phenoxy) is 2. The SMILES string of the molecule is COC(=O)Nc1nccc2cc(NCc3ccnc(OCC4CC5CC4CN5C(C)=O)c3)ccc12. The number of anilines is 2. The highest BCUT2D eigenvalue weighted by atomic mass is 16.5. The number of likely N-dealkylation sites (tertiary alicyclic amines) is 1. The van der Waals surface area contributed by atoms with Crippen molar-refractivity contribution in [2.45, 2.75) is 32.4 Å². The van der Waals surface area contributed by atoms with E-state index in [0.717, 1.165) is 41.4 Å². The van der Waals surface area contributed by atoms with E-state index in [-0.39, 0.29) is 5.91 Å². The van der Waals surface area contributed by atoms with Gasteiger partial charge in [-0.3, -0.25) is 10.1 Å². The summed E-state index contributed by atoms with van der Waals surface area (Å²) < 4.78 is 10.7. The van der Waals surface area contributed by atoms with E-state index >= 15 is 0 Å². The number of methoxy groups -OCH3 is 1. The fourth-order valence-electron chi connectivity index (χ4n) is 5.22. The molecule has 1 aliphatic carbocycles. The van der Waals surface area contributed by atoms with E-state index in [2.05, 4.69) is 25.3 Å². The molecule has 9 nitrogen and oxygen atoms in total. The molecule has 2 bridgehead atoms. The first-order chi connectivity index (χ1) is 17.0. The Bertz CT molecular complexity index is 1250. The molecule has 1 aliphatic heterocycles. The van der Waals surface area contributed by atoms with Gasteiger partial charge in [-0.2, -0.15) is 0 Å². The second kappa shape index (κ2) is 9.77. The lowest BCUT2D eigenvalue weighted by Crippen LogP contribution is -2.39. The van der Waals surface area contributed by atoms with Gasteiger partial charge in [-0.15, -0.1) is 0 Å². The van der Waals surface area contributed by atoms with Crippen LogP contribution in [0.3, 0.4) is 0 Å². The van der Waals surface area contributed by atoms with Crippen LogP contribution in [-0.4, -0.2) is 53.2 Å². The smallest absolute Gasteiger partial charge is 0.412 e. The predicted molar refractivity (Wildman–Crippen MR) is 132 cm³/mol. The first kappa shape index (κ1) is 22.9. The molecule has 3 atom stereocenters. The lowest BCUT2D eigenvalue weighted by molar-refractivity contribution is -0.131. The van der Waals surface area contributed by atoms with Crippen LogP contribution < -0.4 is 15.4 Å². The molecule has 3 heterocycles. The predicted octanol–water partition coefficient (Wildman–Crippen LogP) is 4.06. The van der Waals surface area contributed by atoms with Crippen LogP contribution in [0.25, 0.3) is 10.8 Å². The summed E-state index contributed by atoms with van der Waals surface area (Å²) in [6.07, 6.45) is 4.97. The molecule has 5 rings (SSSR count). The van der Waals surface area contributed by atoms with Crippen LogP contribution in [0.1, 0.15) is 25.3 Å². The van der Waals surface area contributed by atoms with Crippen molar-refractivity contribution in [3.8, 4) is 5.88 Å². The number of carbonyl (C=O) groups is 2. The molecule has 2 aromatic heterocycles. The molecule has 9 heteroatoms. The van der Waals surface area contributed by atoms with E-state index in [4.69, 9.17) is 4.74 Å². The van der Waals surface area contributed by atoms with E-state index in [1.807, 2.05) is 41.3 Å². The van der Waals surface area contributed by atoms with Crippen molar-refractivity contribution < 1.29 is 19.1 Å². The molecule has 1 saturated heterocycles. The number of piperidine rings is 1. The molecule has 3 aromatic rings. The van der Waals surface area contributed by atoms with Crippen LogP contribution in [0.2, 0.25) is 0 Å². The van der Waals surface area contributed by atoms with E-state index in [1.54, 1.807) is 19.3 Å². The molecule has 0 radical (unpaired) electrons. The van der Waals surface area contributed by atoms with Gasteiger partial charge >= 0.3 is 6.09 Å². The molecule has 3 unspecified atom stereocenters. The third-order valence-corrected chi connectivity index (χ3v) is 7.00. The topological polar surface area (TPSA) is 106 Å². The molecule has 0 spiro atoms. The minimum absolute atomic E-state index is 0.181. The Morgan fingerprint density at radius 3 is 2.74 bits per heavy atom. The van der Waals surface area contributed by atoms with Gasteiger partial charge in [0.15, 0.2) is 0 Å². The van der Waals surface area contributed by atoms with Gasteiger partial charge in [0.2, 0.25) is 11.8 Å². The first-order valence-electron chi connectivity index (χ1n) is 11.8. The number of aromatic nitrogens is 2. The van der Waals surface area contributed by atoms with Crippen molar-refractivity contribution in [2.24, 2.45) is 11.8 Å². The number of carbonyl (C=O) groups excluding carboxylic acids is 2. The maximum absolute atomic E-state index is 11.7. The van der Waals surface area contributed by atoms with Gasteiger partial charge in [0, 0.05) is 55.6 Å². The van der Waals surface area contributed by atoms with Gasteiger partial charge in [0.1, 0.15) is 5.82 Å². The summed E-state index contributed by atoms with van der Waals surface area (Å²) in [7, 11) is 1.32. The molecule has 182 valence electrons. The van der Waals surface area contributed by atoms with Crippen LogP contribution >= 0.6 is 0 Å². The Hall–Kier alpha value is -3.88. The van der Waals surface area contributed by atoms with Crippen molar-refractivity contribution in [1.82, 2.24) is 14.9 Å². The summed E-state index contributed by atoms with van der Waals surface area (Å²) in [5.74, 6) is 2.27. The number of amides is 2. The number of nitrogens with zero attached hydrogens (tertiary/aromatic N) is 3. The zero-order valence-electron chi connectivity index (χ0n) is 19.9. The molecule has 2 amide bonds. The zero-order chi connectivity index (χ0) is 24.4. The number of pyridine rings is 2. The first-order valence-corrected chi connectivity index (χ1v) is 11.8. The molecule has 2 fully saturated rings. The van der Waals surface area contributed by atoms with E-state index in [9.17, 15) is 9.59 Å². The Labute approximate surface area is 203 Å². The normalized spacial score (nSPS) is 20.6. The van der Waals surface area contributed by atoms with Gasteiger partial charge in [0.25, 0.3) is 0 Å². The van der Waals surface area contributed by atoms with Gasteiger partial charge in [0.05, 0.1) is 13.7 Å². The van der Waals surface area contributed by atoms with Crippen LogP contribution in [0, 0.1) is 11.8 Å². The summed E-state index contributed by atoms with van der Waals surface area (Å²) >= 11 is 0. The lowest BCUT2D eigenvalue weighted by atomic mass is 9.95. The third kappa shape index (κ3) is 4.99. The molecule has 2 aliphatic rings. The molecule has 35 heavy (non-hydrogen) atoms. The van der Waals surface area contributed by atoms with Crippen LogP contribution in [-0.2, 0) is 16.1 Å². The average Bonchev–Trinajstić information content (AvgIpc) is 3.47. The molecule has 2 N–H and O–H groups in total. The Morgan fingerprint density at radius 1 is 1.11 bits per heavy atom. The second-order valence-electron chi connectivity index (χ2n) is 9.20. The minimum atomic E-state index is -0.554. The van der Waals surface area contributed by atoms with Crippen LogP contribution in [0.4, 0.5) is 16.3 Å². The van der Waals surface area contributed by atoms with Crippen LogP contribution in [0.15, 0.2) is 48.8 Å². The molecular weight excluding hydrogens is 446 g/mol. The number of hydrogen-bond acceptors (Lipinski definition) is 7. The summed E-state index contributed by atoms with van der Waals surface area (Å²) in [5.41, 5.74) is 2.01. The highest BCUT2D eigenvalue weighted by Gasteiger charge is 2.45. The monoisotopic (exact) mass is 475 g/mol. The second-order valence-corrected chi connectivity index (χ2v) is 9.20. The summed E-state index contributed by atoms with van der Waals surface area (Å²) in [5, 5.41) is 7.85. The molecular formula is C26H29N5O4. The number of rotatable bonds is 7. The van der Waals surface area contributed by atoms with Gasteiger partial charge < -0.3 is 19.7 Å². The van der Waals surface area contributed by atoms with E-state index in [1.165, 1.54) is 7.11 Å². The fourth-order valence-corrected chi connectivity index (χ4v) is 5.22.